The molecule has 0 saturated carbocycles. The van der Waals surface area contributed by atoms with Crippen LogP contribution in [0.5, 0.6) is 0 Å². The Hall–Kier alpha value is -1.96. The van der Waals surface area contributed by atoms with Gasteiger partial charge in [0.15, 0.2) is 0 Å². The fraction of sp³-hybridized carbons (Fsp3) is 0.613. The van der Waals surface area contributed by atoms with Crippen LogP contribution in [-0.2, 0) is 6.42 Å². The molecule has 0 N–H and O–H groups in total. The van der Waals surface area contributed by atoms with Gasteiger partial charge in [-0.2, -0.15) is 0 Å². The summed E-state index contributed by atoms with van der Waals surface area (Å²) >= 11 is 0. The molecular weight excluding hydrogens is 400 g/mol. The van der Waals surface area contributed by atoms with E-state index in [1.807, 2.05) is 13.8 Å². The van der Waals surface area contributed by atoms with E-state index in [-0.39, 0.29) is 0 Å². The molecule has 0 aliphatic carbocycles. The summed E-state index contributed by atoms with van der Waals surface area (Å²) in [7, 11) is 0. The second-order valence-corrected chi connectivity index (χ2v) is 9.83. The third kappa shape index (κ3) is 7.26. The Labute approximate surface area is 206 Å². The molecule has 2 nitrogen and oxygen atoms in total. The number of nitrogens with zero attached hydrogens (tertiary/aromatic N) is 2. The van der Waals surface area contributed by atoms with Crippen molar-refractivity contribution in [3.8, 4) is 0 Å². The topological polar surface area (TPSA) is 6.48 Å². The fourth-order valence-corrected chi connectivity index (χ4v) is 4.58. The van der Waals surface area contributed by atoms with Gasteiger partial charge >= 0.3 is 0 Å². The molecule has 186 valence electrons. The molecule has 1 heterocycles. The van der Waals surface area contributed by atoms with Crippen LogP contribution in [0.15, 0.2) is 36.4 Å². The first-order chi connectivity index (χ1) is 15.8. The molecule has 0 spiro atoms. The lowest BCUT2D eigenvalue weighted by Crippen LogP contribution is -2.28. The van der Waals surface area contributed by atoms with E-state index in [4.69, 9.17) is 0 Å². The predicted octanol–water partition coefficient (Wildman–Crippen LogP) is 9.35. The van der Waals surface area contributed by atoms with Crippen molar-refractivity contribution in [3.63, 3.8) is 0 Å². The number of hydrogen-bond donors (Lipinski definition) is 0. The summed E-state index contributed by atoms with van der Waals surface area (Å²) in [5, 5.41) is 0. The number of hydrogen-bond acceptors (Lipinski definition) is 2. The Bertz CT molecular complexity index is 793. The predicted molar refractivity (Wildman–Crippen MR) is 151 cm³/mol. The first-order valence-electron chi connectivity index (χ1n) is 13.5. The minimum absolute atomic E-state index is 0.539. The Kier molecular flexibility index (Phi) is 12.6. The molecular formula is C31H52N2. The summed E-state index contributed by atoms with van der Waals surface area (Å²) in [6, 6.07) is 13.8. The van der Waals surface area contributed by atoms with Gasteiger partial charge in [0.05, 0.1) is 6.67 Å². The number of para-hydroxylation sites is 2. The van der Waals surface area contributed by atoms with Crippen LogP contribution in [0.25, 0.3) is 0 Å². The van der Waals surface area contributed by atoms with E-state index >= 15 is 0 Å². The monoisotopic (exact) mass is 452 g/mol. The third-order valence-electron chi connectivity index (χ3n) is 6.11. The zero-order chi connectivity index (χ0) is 25.1. The Morgan fingerprint density at radius 2 is 1.00 bits per heavy atom. The minimum atomic E-state index is 0.539. The van der Waals surface area contributed by atoms with E-state index in [0.717, 1.165) is 26.2 Å². The van der Waals surface area contributed by atoms with E-state index in [0.29, 0.717) is 17.8 Å². The fourth-order valence-electron chi connectivity index (χ4n) is 4.58. The molecule has 0 bridgehead atoms. The van der Waals surface area contributed by atoms with E-state index in [1.54, 1.807) is 0 Å². The molecule has 0 unspecified atom stereocenters. The van der Waals surface area contributed by atoms with Crippen LogP contribution >= 0.6 is 0 Å². The van der Waals surface area contributed by atoms with Gasteiger partial charge in [-0.3, -0.25) is 0 Å². The first kappa shape index (κ1) is 29.1. The summed E-state index contributed by atoms with van der Waals surface area (Å²) in [5.74, 6) is 1.62. The highest BCUT2D eigenvalue weighted by Gasteiger charge is 2.28. The van der Waals surface area contributed by atoms with Gasteiger partial charge in [-0.25, -0.2) is 0 Å². The Morgan fingerprint density at radius 3 is 1.39 bits per heavy atom. The molecule has 1 saturated heterocycles. The van der Waals surface area contributed by atoms with Gasteiger partial charge in [-0.15, -0.1) is 0 Å². The smallest absolute Gasteiger partial charge is 0.0904 e. The van der Waals surface area contributed by atoms with Gasteiger partial charge in [0.2, 0.25) is 0 Å². The molecule has 0 aromatic heterocycles. The molecule has 3 rings (SSSR count). The number of benzene rings is 2. The van der Waals surface area contributed by atoms with Crippen molar-refractivity contribution in [2.75, 3.05) is 29.6 Å². The summed E-state index contributed by atoms with van der Waals surface area (Å²) in [5.41, 5.74) is 8.91. The molecule has 2 heteroatoms. The van der Waals surface area contributed by atoms with E-state index in [2.05, 4.69) is 109 Å². The largest absolute Gasteiger partial charge is 0.352 e. The van der Waals surface area contributed by atoms with E-state index in [1.165, 1.54) is 40.0 Å². The summed E-state index contributed by atoms with van der Waals surface area (Å²) in [6.45, 7) is 27.6. The highest BCUT2D eigenvalue weighted by molar-refractivity contribution is 5.67. The summed E-state index contributed by atoms with van der Waals surface area (Å²) < 4.78 is 0. The van der Waals surface area contributed by atoms with Crippen LogP contribution < -0.4 is 9.80 Å². The molecule has 0 atom stereocenters. The van der Waals surface area contributed by atoms with Crippen LogP contribution in [0, 0.1) is 0 Å². The van der Waals surface area contributed by atoms with Crippen molar-refractivity contribution in [2.24, 2.45) is 0 Å². The molecule has 0 radical (unpaired) electrons. The van der Waals surface area contributed by atoms with Crippen LogP contribution in [0.2, 0.25) is 0 Å². The van der Waals surface area contributed by atoms with Gasteiger partial charge in [0.25, 0.3) is 0 Å². The maximum absolute atomic E-state index is 2.63. The van der Waals surface area contributed by atoms with E-state index < -0.39 is 0 Å². The average Bonchev–Trinajstić information content (AvgIpc) is 3.29. The highest BCUT2D eigenvalue weighted by Crippen LogP contribution is 2.39. The normalized spacial score (nSPS) is 13.3. The SMILES string of the molecule is CC.CCC.CCc1cccc(C(C)C)c1N1CCN(c2c(C(C)C)cccc2C(C)C)C1. The van der Waals surface area contributed by atoms with Gasteiger partial charge in [0, 0.05) is 24.5 Å². The van der Waals surface area contributed by atoms with Gasteiger partial charge in [0.1, 0.15) is 0 Å². The lowest BCUT2D eigenvalue weighted by Gasteiger charge is -2.30. The van der Waals surface area contributed by atoms with Crippen LogP contribution in [0.3, 0.4) is 0 Å². The molecule has 2 aromatic rings. The lowest BCUT2D eigenvalue weighted by atomic mass is 9.92. The van der Waals surface area contributed by atoms with Crippen LogP contribution in [0.4, 0.5) is 11.4 Å². The molecule has 2 aromatic carbocycles. The van der Waals surface area contributed by atoms with Crippen molar-refractivity contribution in [1.29, 1.82) is 0 Å². The summed E-state index contributed by atoms with van der Waals surface area (Å²) in [4.78, 5) is 5.25. The third-order valence-corrected chi connectivity index (χ3v) is 6.11. The molecule has 1 aliphatic heterocycles. The quantitative estimate of drug-likeness (QED) is 0.430. The van der Waals surface area contributed by atoms with Gasteiger partial charge in [-0.05, 0) is 46.4 Å². The molecule has 33 heavy (non-hydrogen) atoms. The zero-order valence-electron chi connectivity index (χ0n) is 23.6. The molecule has 1 aliphatic rings. The standard InChI is InChI=1S/C26H38N2.C3H8.C2H6/c1-8-21-11-9-12-22(18(2)3)25(21)27-15-16-28(17-27)26-23(19(4)5)13-10-14-24(26)20(6)7;1-3-2;1-2/h9-14,18-20H,8,15-17H2,1-7H3;3H2,1-2H3;1-2H3. The lowest BCUT2D eigenvalue weighted by molar-refractivity contribution is 0.805. The average molecular weight is 453 g/mol. The van der Waals surface area contributed by atoms with Crippen LogP contribution in [0.1, 0.15) is 123 Å². The number of rotatable bonds is 6. The number of anilines is 2. The van der Waals surface area contributed by atoms with Crippen LogP contribution in [-0.4, -0.2) is 19.8 Å². The summed E-state index contributed by atoms with van der Waals surface area (Å²) in [6.07, 6.45) is 2.34. The van der Waals surface area contributed by atoms with Crippen molar-refractivity contribution in [2.45, 2.75) is 107 Å². The molecule has 0 amide bonds. The molecule has 1 fully saturated rings. The van der Waals surface area contributed by atoms with Crippen molar-refractivity contribution in [3.05, 3.63) is 58.7 Å². The first-order valence-corrected chi connectivity index (χ1v) is 13.5. The maximum Gasteiger partial charge on any atom is 0.0904 e. The van der Waals surface area contributed by atoms with Gasteiger partial charge < -0.3 is 9.80 Å². The zero-order valence-corrected chi connectivity index (χ0v) is 23.6. The number of aryl methyl sites for hydroxylation is 1. The van der Waals surface area contributed by atoms with Crippen molar-refractivity contribution >= 4 is 11.4 Å². The second-order valence-electron chi connectivity index (χ2n) is 9.83. The second kappa shape index (κ2) is 14.3. The Balaban J connectivity index is 0.00000101. The maximum atomic E-state index is 2.63. The highest BCUT2D eigenvalue weighted by atomic mass is 15.4. The van der Waals surface area contributed by atoms with Crippen molar-refractivity contribution in [1.82, 2.24) is 0 Å². The minimum Gasteiger partial charge on any atom is -0.352 e. The van der Waals surface area contributed by atoms with E-state index in [9.17, 15) is 0 Å². The van der Waals surface area contributed by atoms with Gasteiger partial charge in [-0.1, -0.05) is 119 Å². The Morgan fingerprint density at radius 1 is 0.636 bits per heavy atom. The van der Waals surface area contributed by atoms with Crippen molar-refractivity contribution < 1.29 is 0 Å².